The highest BCUT2D eigenvalue weighted by Gasteiger charge is 2.11. The van der Waals surface area contributed by atoms with E-state index in [9.17, 15) is 9.90 Å². The zero-order chi connectivity index (χ0) is 11.4. The van der Waals surface area contributed by atoms with Gasteiger partial charge >= 0.3 is 5.97 Å². The van der Waals surface area contributed by atoms with Gasteiger partial charge in [-0.15, -0.1) is 0 Å². The highest BCUT2D eigenvalue weighted by atomic mass is 16.4. The van der Waals surface area contributed by atoms with Crippen molar-refractivity contribution < 1.29 is 15.0 Å². The molecule has 2 N–H and O–H groups in total. The number of rotatable bonds is 4. The van der Waals surface area contributed by atoms with Gasteiger partial charge in [-0.2, -0.15) is 0 Å². The second-order valence-electron chi connectivity index (χ2n) is 4.08. The maximum atomic E-state index is 10.7. The van der Waals surface area contributed by atoms with Gasteiger partial charge in [-0.3, -0.25) is 0 Å². The lowest BCUT2D eigenvalue weighted by atomic mass is 9.98. The van der Waals surface area contributed by atoms with E-state index in [4.69, 9.17) is 5.11 Å². The standard InChI is InChI=1S/C12H16O3/c1-8(2)6-11(13)9-4-3-5-10(7-9)12(14)15/h3-5,7-8,11,13H,6H2,1-2H3,(H,14,15). The van der Waals surface area contributed by atoms with Gasteiger partial charge in [0.05, 0.1) is 11.7 Å². The third kappa shape index (κ3) is 3.36. The SMILES string of the molecule is CC(C)CC(O)c1cccc(C(=O)O)c1. The number of benzene rings is 1. The Hall–Kier alpha value is -1.35. The topological polar surface area (TPSA) is 57.5 Å². The van der Waals surface area contributed by atoms with E-state index >= 15 is 0 Å². The van der Waals surface area contributed by atoms with Crippen molar-refractivity contribution in [3.8, 4) is 0 Å². The molecule has 0 fully saturated rings. The lowest BCUT2D eigenvalue weighted by molar-refractivity contribution is 0.0696. The van der Waals surface area contributed by atoms with E-state index in [1.165, 1.54) is 12.1 Å². The van der Waals surface area contributed by atoms with Crippen LogP contribution in [0, 0.1) is 5.92 Å². The number of hydrogen-bond donors (Lipinski definition) is 2. The van der Waals surface area contributed by atoms with E-state index in [0.717, 1.165) is 0 Å². The molecule has 1 aromatic rings. The molecule has 0 saturated heterocycles. The molecule has 0 spiro atoms. The van der Waals surface area contributed by atoms with Crippen molar-refractivity contribution in [2.24, 2.45) is 5.92 Å². The summed E-state index contributed by atoms with van der Waals surface area (Å²) in [4.78, 5) is 10.7. The Morgan fingerprint density at radius 1 is 1.40 bits per heavy atom. The summed E-state index contributed by atoms with van der Waals surface area (Å²) in [5, 5.41) is 18.6. The first-order valence-electron chi connectivity index (χ1n) is 5.02. The summed E-state index contributed by atoms with van der Waals surface area (Å²) in [7, 11) is 0. The molecule has 15 heavy (non-hydrogen) atoms. The first kappa shape index (κ1) is 11.7. The molecule has 0 aliphatic carbocycles. The van der Waals surface area contributed by atoms with Crippen LogP contribution < -0.4 is 0 Å². The highest BCUT2D eigenvalue weighted by Crippen LogP contribution is 2.21. The van der Waals surface area contributed by atoms with Gasteiger partial charge in [-0.05, 0) is 30.0 Å². The van der Waals surface area contributed by atoms with Crippen LogP contribution in [0.25, 0.3) is 0 Å². The number of hydrogen-bond acceptors (Lipinski definition) is 2. The number of carboxylic acid groups (broad SMARTS) is 1. The lowest BCUT2D eigenvalue weighted by Gasteiger charge is -2.13. The molecule has 82 valence electrons. The van der Waals surface area contributed by atoms with Crippen LogP contribution in [0.1, 0.15) is 42.3 Å². The minimum absolute atomic E-state index is 0.218. The fourth-order valence-electron chi connectivity index (χ4n) is 1.46. The van der Waals surface area contributed by atoms with Crippen LogP contribution in [0.3, 0.4) is 0 Å². The summed E-state index contributed by atoms with van der Waals surface area (Å²) in [5.74, 6) is -0.581. The number of carboxylic acids is 1. The van der Waals surface area contributed by atoms with Crippen LogP contribution in [0.5, 0.6) is 0 Å². The molecule has 3 nitrogen and oxygen atoms in total. The molecule has 0 heterocycles. The molecule has 1 rings (SSSR count). The van der Waals surface area contributed by atoms with E-state index < -0.39 is 12.1 Å². The zero-order valence-corrected chi connectivity index (χ0v) is 8.97. The third-order valence-corrected chi connectivity index (χ3v) is 2.21. The first-order valence-corrected chi connectivity index (χ1v) is 5.02. The van der Waals surface area contributed by atoms with Crippen molar-refractivity contribution in [1.29, 1.82) is 0 Å². The minimum atomic E-state index is -0.964. The van der Waals surface area contributed by atoms with E-state index in [0.29, 0.717) is 17.9 Å². The molecule has 0 bridgehead atoms. The zero-order valence-electron chi connectivity index (χ0n) is 8.97. The summed E-state index contributed by atoms with van der Waals surface area (Å²) < 4.78 is 0. The van der Waals surface area contributed by atoms with Gasteiger partial charge in [0, 0.05) is 0 Å². The Labute approximate surface area is 89.4 Å². The average Bonchev–Trinajstić information content (AvgIpc) is 2.17. The minimum Gasteiger partial charge on any atom is -0.478 e. The fraction of sp³-hybridized carbons (Fsp3) is 0.417. The molecule has 0 amide bonds. The molecule has 1 atom stereocenters. The van der Waals surface area contributed by atoms with E-state index in [-0.39, 0.29) is 5.56 Å². The number of aromatic carboxylic acids is 1. The van der Waals surface area contributed by atoms with Gasteiger partial charge in [0.2, 0.25) is 0 Å². The van der Waals surface area contributed by atoms with Crippen LogP contribution in [0.2, 0.25) is 0 Å². The summed E-state index contributed by atoms with van der Waals surface area (Å²) in [6.45, 7) is 4.04. The van der Waals surface area contributed by atoms with E-state index in [1.54, 1.807) is 12.1 Å². The summed E-state index contributed by atoms with van der Waals surface area (Å²) >= 11 is 0. The Kier molecular flexibility index (Phi) is 3.86. The van der Waals surface area contributed by atoms with Crippen molar-refractivity contribution in [1.82, 2.24) is 0 Å². The predicted molar refractivity (Wildman–Crippen MR) is 57.8 cm³/mol. The van der Waals surface area contributed by atoms with E-state index in [1.807, 2.05) is 13.8 Å². The molecule has 0 aromatic heterocycles. The normalized spacial score (nSPS) is 12.8. The molecule has 1 unspecified atom stereocenters. The summed E-state index contributed by atoms with van der Waals surface area (Å²) in [5.41, 5.74) is 0.888. The maximum Gasteiger partial charge on any atom is 0.335 e. The lowest BCUT2D eigenvalue weighted by Crippen LogP contribution is -2.04. The van der Waals surface area contributed by atoms with Crippen LogP contribution in [-0.2, 0) is 0 Å². The second-order valence-corrected chi connectivity index (χ2v) is 4.08. The molecular formula is C12H16O3. The van der Waals surface area contributed by atoms with Gasteiger partial charge in [-0.25, -0.2) is 4.79 Å². The quantitative estimate of drug-likeness (QED) is 0.799. The largest absolute Gasteiger partial charge is 0.478 e. The highest BCUT2D eigenvalue weighted by molar-refractivity contribution is 5.87. The van der Waals surface area contributed by atoms with E-state index in [2.05, 4.69) is 0 Å². The Morgan fingerprint density at radius 2 is 2.07 bits per heavy atom. The monoisotopic (exact) mass is 208 g/mol. The van der Waals surface area contributed by atoms with Crippen LogP contribution >= 0.6 is 0 Å². The summed E-state index contributed by atoms with van der Waals surface area (Å²) in [6.07, 6.45) is 0.0626. The summed E-state index contributed by atoms with van der Waals surface area (Å²) in [6, 6.07) is 6.45. The van der Waals surface area contributed by atoms with Crippen LogP contribution in [0.4, 0.5) is 0 Å². The van der Waals surface area contributed by atoms with Gasteiger partial charge < -0.3 is 10.2 Å². The van der Waals surface area contributed by atoms with Gasteiger partial charge in [0.25, 0.3) is 0 Å². The maximum absolute atomic E-state index is 10.7. The molecule has 0 aliphatic heterocycles. The first-order chi connectivity index (χ1) is 7.00. The van der Waals surface area contributed by atoms with Crippen molar-refractivity contribution in [3.63, 3.8) is 0 Å². The van der Waals surface area contributed by atoms with Crippen LogP contribution in [-0.4, -0.2) is 16.2 Å². The molecule has 0 aliphatic rings. The van der Waals surface area contributed by atoms with Gasteiger partial charge in [-0.1, -0.05) is 26.0 Å². The molecule has 0 radical (unpaired) electrons. The molecule has 0 saturated carbocycles. The number of aliphatic hydroxyl groups is 1. The van der Waals surface area contributed by atoms with Crippen LogP contribution in [0.15, 0.2) is 24.3 Å². The molecule has 1 aromatic carbocycles. The van der Waals surface area contributed by atoms with Crippen molar-refractivity contribution >= 4 is 5.97 Å². The van der Waals surface area contributed by atoms with Gasteiger partial charge in [0.15, 0.2) is 0 Å². The number of aliphatic hydroxyl groups excluding tert-OH is 1. The van der Waals surface area contributed by atoms with Crippen molar-refractivity contribution in [2.75, 3.05) is 0 Å². The van der Waals surface area contributed by atoms with Crippen molar-refractivity contribution in [3.05, 3.63) is 35.4 Å². The number of carbonyl (C=O) groups is 1. The Balaban J connectivity index is 2.85. The average molecular weight is 208 g/mol. The molecular weight excluding hydrogens is 192 g/mol. The fourth-order valence-corrected chi connectivity index (χ4v) is 1.46. The smallest absolute Gasteiger partial charge is 0.335 e. The van der Waals surface area contributed by atoms with Gasteiger partial charge in [0.1, 0.15) is 0 Å². The van der Waals surface area contributed by atoms with Crippen molar-refractivity contribution in [2.45, 2.75) is 26.4 Å². The second kappa shape index (κ2) is 4.94. The molecule has 3 heteroatoms. The Bertz CT molecular complexity index is 344. The predicted octanol–water partition coefficient (Wildman–Crippen LogP) is 2.46. The third-order valence-electron chi connectivity index (χ3n) is 2.21. The Morgan fingerprint density at radius 3 is 2.60 bits per heavy atom.